The second kappa shape index (κ2) is 5.64. The van der Waals surface area contributed by atoms with Crippen molar-refractivity contribution in [1.82, 2.24) is 4.90 Å². The Labute approximate surface area is 124 Å². The molecule has 1 aliphatic heterocycles. The lowest BCUT2D eigenvalue weighted by molar-refractivity contribution is 0.200. The lowest BCUT2D eigenvalue weighted by Gasteiger charge is -2.24. The lowest BCUT2D eigenvalue weighted by atomic mass is 10.1. The van der Waals surface area contributed by atoms with Gasteiger partial charge < -0.3 is 14.6 Å². The van der Waals surface area contributed by atoms with E-state index in [9.17, 15) is 4.79 Å². The first-order valence-corrected chi connectivity index (χ1v) is 7.34. The van der Waals surface area contributed by atoms with E-state index < -0.39 is 0 Å². The average Bonchev–Trinajstić information content (AvgIpc) is 3.13. The molecule has 0 bridgehead atoms. The van der Waals surface area contributed by atoms with E-state index >= 15 is 0 Å². The first-order chi connectivity index (χ1) is 10.2. The van der Waals surface area contributed by atoms with Gasteiger partial charge >= 0.3 is 6.03 Å². The summed E-state index contributed by atoms with van der Waals surface area (Å²) in [4.78, 5) is 14.4. The molecule has 0 radical (unpaired) electrons. The van der Waals surface area contributed by atoms with Crippen molar-refractivity contribution in [2.24, 2.45) is 0 Å². The van der Waals surface area contributed by atoms with E-state index in [4.69, 9.17) is 4.42 Å². The fourth-order valence-electron chi connectivity index (χ4n) is 2.86. The van der Waals surface area contributed by atoms with Gasteiger partial charge in [-0.15, -0.1) is 0 Å². The van der Waals surface area contributed by atoms with E-state index in [1.807, 2.05) is 49.1 Å². The summed E-state index contributed by atoms with van der Waals surface area (Å²) < 4.78 is 5.47. The molecule has 2 aromatic rings. The van der Waals surface area contributed by atoms with E-state index in [0.29, 0.717) is 0 Å². The zero-order valence-electron chi connectivity index (χ0n) is 12.4. The Hall–Kier alpha value is -2.23. The van der Waals surface area contributed by atoms with Crippen molar-refractivity contribution in [3.05, 3.63) is 53.5 Å². The smallest absolute Gasteiger partial charge is 0.322 e. The Balaban J connectivity index is 1.77. The average molecular weight is 284 g/mol. The maximum atomic E-state index is 12.6. The molecule has 2 amide bonds. The highest BCUT2D eigenvalue weighted by Crippen LogP contribution is 2.32. The Morgan fingerprint density at radius 3 is 2.90 bits per heavy atom. The second-order valence-electron chi connectivity index (χ2n) is 5.54. The molecule has 21 heavy (non-hydrogen) atoms. The number of nitrogens with zero attached hydrogens (tertiary/aromatic N) is 1. The minimum absolute atomic E-state index is 0.0464. The molecule has 1 fully saturated rings. The zero-order chi connectivity index (χ0) is 14.8. The van der Waals surface area contributed by atoms with Gasteiger partial charge in [0, 0.05) is 12.2 Å². The standard InChI is InChI=1S/C17H20N2O2/c1-12-6-3-7-14(13(12)2)18-17(20)19-10-4-8-15(19)16-9-5-11-21-16/h3,5-7,9,11,15H,4,8,10H2,1-2H3,(H,18,20)/t15-/m1/s1. The predicted octanol–water partition coefficient (Wildman–Crippen LogP) is 4.27. The Morgan fingerprint density at radius 2 is 2.14 bits per heavy atom. The highest BCUT2D eigenvalue weighted by molar-refractivity contribution is 5.90. The molecule has 0 aliphatic carbocycles. The van der Waals surface area contributed by atoms with Crippen LogP contribution >= 0.6 is 0 Å². The number of anilines is 1. The van der Waals surface area contributed by atoms with Gasteiger partial charge in [0.05, 0.1) is 12.3 Å². The van der Waals surface area contributed by atoms with E-state index in [2.05, 4.69) is 5.32 Å². The molecule has 110 valence electrons. The highest BCUT2D eigenvalue weighted by Gasteiger charge is 2.31. The third-order valence-corrected chi connectivity index (χ3v) is 4.23. The van der Waals surface area contributed by atoms with E-state index in [1.54, 1.807) is 6.26 Å². The topological polar surface area (TPSA) is 45.5 Å². The van der Waals surface area contributed by atoms with Gasteiger partial charge in [-0.05, 0) is 56.0 Å². The van der Waals surface area contributed by atoms with Crippen molar-refractivity contribution in [3.63, 3.8) is 0 Å². The van der Waals surface area contributed by atoms with Crippen LogP contribution in [0.3, 0.4) is 0 Å². The first-order valence-electron chi connectivity index (χ1n) is 7.34. The van der Waals surface area contributed by atoms with E-state index in [-0.39, 0.29) is 12.1 Å². The van der Waals surface area contributed by atoms with Gasteiger partial charge in [0.1, 0.15) is 5.76 Å². The minimum atomic E-state index is -0.0531. The number of nitrogens with one attached hydrogen (secondary N) is 1. The predicted molar refractivity (Wildman–Crippen MR) is 82.3 cm³/mol. The molecule has 1 atom stereocenters. The van der Waals surface area contributed by atoms with Gasteiger partial charge in [0.25, 0.3) is 0 Å². The maximum Gasteiger partial charge on any atom is 0.322 e. The van der Waals surface area contributed by atoms with Crippen LogP contribution < -0.4 is 5.32 Å². The van der Waals surface area contributed by atoms with Gasteiger partial charge in [-0.1, -0.05) is 12.1 Å². The Kier molecular flexibility index (Phi) is 3.69. The highest BCUT2D eigenvalue weighted by atomic mass is 16.3. The van der Waals surface area contributed by atoms with E-state index in [1.165, 1.54) is 5.56 Å². The molecule has 1 saturated heterocycles. The number of carbonyl (C=O) groups is 1. The number of likely N-dealkylation sites (tertiary alicyclic amines) is 1. The molecule has 2 heterocycles. The van der Waals surface area contributed by atoms with Crippen LogP contribution in [0.4, 0.5) is 10.5 Å². The fourth-order valence-corrected chi connectivity index (χ4v) is 2.86. The molecule has 1 aromatic carbocycles. The summed E-state index contributed by atoms with van der Waals surface area (Å²) in [6, 6.07) is 9.76. The summed E-state index contributed by atoms with van der Waals surface area (Å²) in [5, 5.41) is 3.03. The molecule has 1 aliphatic rings. The molecular weight excluding hydrogens is 264 g/mol. The van der Waals surface area contributed by atoms with Gasteiger partial charge in [0.15, 0.2) is 0 Å². The number of carbonyl (C=O) groups excluding carboxylic acids is 1. The Bertz CT molecular complexity index is 634. The molecule has 0 saturated carbocycles. The van der Waals surface area contributed by atoms with Crippen LogP contribution in [0.25, 0.3) is 0 Å². The molecule has 0 unspecified atom stereocenters. The lowest BCUT2D eigenvalue weighted by Crippen LogP contribution is -2.34. The summed E-state index contributed by atoms with van der Waals surface area (Å²) in [6.07, 6.45) is 3.62. The molecule has 4 heteroatoms. The summed E-state index contributed by atoms with van der Waals surface area (Å²) in [5.74, 6) is 0.864. The number of rotatable bonds is 2. The molecule has 1 aromatic heterocycles. The number of benzene rings is 1. The zero-order valence-corrected chi connectivity index (χ0v) is 12.4. The van der Waals surface area contributed by atoms with Crippen molar-refractivity contribution < 1.29 is 9.21 Å². The van der Waals surface area contributed by atoms with Crippen LogP contribution in [0.2, 0.25) is 0 Å². The summed E-state index contributed by atoms with van der Waals surface area (Å²) >= 11 is 0. The van der Waals surface area contributed by atoms with Crippen LogP contribution in [-0.4, -0.2) is 17.5 Å². The van der Waals surface area contributed by atoms with Crippen LogP contribution in [0.15, 0.2) is 41.0 Å². The summed E-state index contributed by atoms with van der Waals surface area (Å²) in [6.45, 7) is 4.84. The van der Waals surface area contributed by atoms with Gasteiger partial charge in [-0.3, -0.25) is 0 Å². The normalized spacial score (nSPS) is 18.0. The fraction of sp³-hybridized carbons (Fsp3) is 0.353. The molecule has 0 spiro atoms. The van der Waals surface area contributed by atoms with Gasteiger partial charge in [-0.2, -0.15) is 0 Å². The quantitative estimate of drug-likeness (QED) is 0.895. The van der Waals surface area contributed by atoms with Crippen LogP contribution in [0.1, 0.15) is 35.8 Å². The van der Waals surface area contributed by atoms with Crippen molar-refractivity contribution in [1.29, 1.82) is 0 Å². The van der Waals surface area contributed by atoms with Gasteiger partial charge in [0.2, 0.25) is 0 Å². The van der Waals surface area contributed by atoms with Crippen LogP contribution in [0.5, 0.6) is 0 Å². The van der Waals surface area contributed by atoms with Crippen molar-refractivity contribution >= 4 is 11.7 Å². The number of urea groups is 1. The van der Waals surface area contributed by atoms with Crippen molar-refractivity contribution in [2.75, 3.05) is 11.9 Å². The summed E-state index contributed by atoms with van der Waals surface area (Å²) in [7, 11) is 0. The van der Waals surface area contributed by atoms with E-state index in [0.717, 1.165) is 36.4 Å². The summed E-state index contributed by atoms with van der Waals surface area (Å²) in [5.41, 5.74) is 3.17. The largest absolute Gasteiger partial charge is 0.467 e. The number of hydrogen-bond acceptors (Lipinski definition) is 2. The van der Waals surface area contributed by atoms with Gasteiger partial charge in [-0.25, -0.2) is 4.79 Å². The Morgan fingerprint density at radius 1 is 1.29 bits per heavy atom. The number of hydrogen-bond donors (Lipinski definition) is 1. The number of amides is 2. The van der Waals surface area contributed by atoms with Crippen LogP contribution in [0, 0.1) is 13.8 Å². The molecule has 1 N–H and O–H groups in total. The SMILES string of the molecule is Cc1cccc(NC(=O)N2CCC[C@@H]2c2ccco2)c1C. The number of furan rings is 1. The minimum Gasteiger partial charge on any atom is -0.467 e. The van der Waals surface area contributed by atoms with Crippen molar-refractivity contribution in [3.8, 4) is 0 Å². The third-order valence-electron chi connectivity index (χ3n) is 4.23. The van der Waals surface area contributed by atoms with Crippen LogP contribution in [-0.2, 0) is 0 Å². The molecule has 4 nitrogen and oxygen atoms in total. The maximum absolute atomic E-state index is 12.6. The third kappa shape index (κ3) is 2.66. The molecular formula is C17H20N2O2. The number of aryl methyl sites for hydroxylation is 1. The second-order valence-corrected chi connectivity index (χ2v) is 5.54. The van der Waals surface area contributed by atoms with Crippen molar-refractivity contribution in [2.45, 2.75) is 32.7 Å². The molecule has 3 rings (SSSR count). The monoisotopic (exact) mass is 284 g/mol. The first kappa shape index (κ1) is 13.7.